The molecule has 3 nitrogen and oxygen atoms in total. The van der Waals surface area contributed by atoms with E-state index >= 15 is 0 Å². The van der Waals surface area contributed by atoms with Gasteiger partial charge in [-0.3, -0.25) is 0 Å². The van der Waals surface area contributed by atoms with Gasteiger partial charge in [-0.25, -0.2) is 0 Å². The standard InChI is InChI=1S/C16H14O3/c1-10-3-4-12(8-14(10)17)5-6-13-7-11(2)15(18)9-16(13)19/h3-4,7-9,17-19H,1-2H3. The molecule has 0 aliphatic rings. The first-order chi connectivity index (χ1) is 8.97. The highest BCUT2D eigenvalue weighted by Gasteiger charge is 2.03. The van der Waals surface area contributed by atoms with Gasteiger partial charge < -0.3 is 15.3 Å². The highest BCUT2D eigenvalue weighted by atomic mass is 16.3. The van der Waals surface area contributed by atoms with E-state index in [0.29, 0.717) is 16.7 Å². The van der Waals surface area contributed by atoms with E-state index in [9.17, 15) is 15.3 Å². The van der Waals surface area contributed by atoms with Crippen LogP contribution in [0, 0.1) is 25.7 Å². The summed E-state index contributed by atoms with van der Waals surface area (Å²) in [5.74, 6) is 5.85. The number of aryl methyl sites for hydroxylation is 2. The van der Waals surface area contributed by atoms with E-state index in [0.717, 1.165) is 5.56 Å². The zero-order valence-electron chi connectivity index (χ0n) is 10.7. The molecule has 0 spiro atoms. The molecule has 3 heteroatoms. The topological polar surface area (TPSA) is 60.7 Å². The number of hydrogen-bond acceptors (Lipinski definition) is 3. The van der Waals surface area contributed by atoms with Crippen LogP contribution in [0.3, 0.4) is 0 Å². The zero-order valence-corrected chi connectivity index (χ0v) is 10.7. The van der Waals surface area contributed by atoms with Gasteiger partial charge in [-0.2, -0.15) is 0 Å². The second-order valence-electron chi connectivity index (χ2n) is 4.41. The van der Waals surface area contributed by atoms with Crippen LogP contribution >= 0.6 is 0 Å². The molecule has 19 heavy (non-hydrogen) atoms. The maximum atomic E-state index is 9.68. The van der Waals surface area contributed by atoms with Crippen LogP contribution in [0.15, 0.2) is 30.3 Å². The first-order valence-corrected chi connectivity index (χ1v) is 5.81. The number of benzene rings is 2. The van der Waals surface area contributed by atoms with E-state index in [1.807, 2.05) is 6.92 Å². The summed E-state index contributed by atoms with van der Waals surface area (Å²) in [6.07, 6.45) is 0. The van der Waals surface area contributed by atoms with Crippen LogP contribution in [-0.4, -0.2) is 15.3 Å². The molecule has 0 heterocycles. The molecule has 0 atom stereocenters. The molecular formula is C16H14O3. The highest BCUT2D eigenvalue weighted by molar-refractivity contribution is 5.55. The summed E-state index contributed by atoms with van der Waals surface area (Å²) in [5.41, 5.74) is 2.53. The minimum absolute atomic E-state index is 0.0380. The Morgan fingerprint density at radius 2 is 1.42 bits per heavy atom. The van der Waals surface area contributed by atoms with Gasteiger partial charge in [-0.05, 0) is 43.2 Å². The van der Waals surface area contributed by atoms with Crippen LogP contribution in [0.5, 0.6) is 17.2 Å². The average Bonchev–Trinajstić information content (AvgIpc) is 2.36. The summed E-state index contributed by atoms with van der Waals surface area (Å²) in [5, 5.41) is 28.7. The SMILES string of the molecule is Cc1ccc(C#Cc2cc(C)c(O)cc2O)cc1O. The van der Waals surface area contributed by atoms with Crippen LogP contribution < -0.4 is 0 Å². The predicted molar refractivity (Wildman–Crippen MR) is 73.3 cm³/mol. The Morgan fingerprint density at radius 3 is 2.11 bits per heavy atom. The fourth-order valence-corrected chi connectivity index (χ4v) is 1.61. The summed E-state index contributed by atoms with van der Waals surface area (Å²) in [6, 6.07) is 8.04. The van der Waals surface area contributed by atoms with E-state index in [1.165, 1.54) is 6.07 Å². The monoisotopic (exact) mass is 254 g/mol. The van der Waals surface area contributed by atoms with Crippen molar-refractivity contribution < 1.29 is 15.3 Å². The molecule has 0 radical (unpaired) electrons. The fraction of sp³-hybridized carbons (Fsp3) is 0.125. The lowest BCUT2D eigenvalue weighted by Crippen LogP contribution is -1.82. The molecule has 0 fully saturated rings. The first kappa shape index (κ1) is 12.8. The molecule has 0 unspecified atom stereocenters. The molecule has 2 aromatic carbocycles. The molecule has 0 saturated carbocycles. The van der Waals surface area contributed by atoms with Crippen molar-refractivity contribution >= 4 is 0 Å². The van der Waals surface area contributed by atoms with Crippen molar-refractivity contribution in [3.8, 4) is 29.1 Å². The van der Waals surface area contributed by atoms with Crippen molar-refractivity contribution in [3.63, 3.8) is 0 Å². The predicted octanol–water partition coefficient (Wildman–Crippen LogP) is 2.82. The van der Waals surface area contributed by atoms with Crippen LogP contribution in [-0.2, 0) is 0 Å². The molecule has 0 aliphatic heterocycles. The summed E-state index contributed by atoms with van der Waals surface area (Å²) in [7, 11) is 0. The lowest BCUT2D eigenvalue weighted by atomic mass is 10.1. The third-order valence-electron chi connectivity index (χ3n) is 2.86. The number of phenols is 3. The fourth-order valence-electron chi connectivity index (χ4n) is 1.61. The third-order valence-corrected chi connectivity index (χ3v) is 2.86. The Labute approximate surface area is 111 Å². The lowest BCUT2D eigenvalue weighted by Gasteiger charge is -2.02. The summed E-state index contributed by atoms with van der Waals surface area (Å²) in [4.78, 5) is 0. The van der Waals surface area contributed by atoms with Crippen LogP contribution in [0.4, 0.5) is 0 Å². The highest BCUT2D eigenvalue weighted by Crippen LogP contribution is 2.26. The summed E-state index contributed by atoms with van der Waals surface area (Å²) >= 11 is 0. The lowest BCUT2D eigenvalue weighted by molar-refractivity contribution is 0.447. The van der Waals surface area contributed by atoms with Gasteiger partial charge in [-0.1, -0.05) is 17.9 Å². The second-order valence-corrected chi connectivity index (χ2v) is 4.41. The summed E-state index contributed by atoms with van der Waals surface area (Å²) < 4.78 is 0. The molecule has 0 bridgehead atoms. The van der Waals surface area contributed by atoms with Gasteiger partial charge in [-0.15, -0.1) is 0 Å². The summed E-state index contributed by atoms with van der Waals surface area (Å²) in [6.45, 7) is 3.54. The molecule has 3 N–H and O–H groups in total. The van der Waals surface area contributed by atoms with Gasteiger partial charge in [0.15, 0.2) is 0 Å². The molecular weight excluding hydrogens is 240 g/mol. The molecule has 96 valence electrons. The first-order valence-electron chi connectivity index (χ1n) is 5.81. The number of hydrogen-bond donors (Lipinski definition) is 3. The maximum Gasteiger partial charge on any atom is 0.134 e. The quantitative estimate of drug-likeness (QED) is 0.633. The third kappa shape index (κ3) is 2.80. The molecule has 0 amide bonds. The van der Waals surface area contributed by atoms with Crippen molar-refractivity contribution in [2.45, 2.75) is 13.8 Å². The van der Waals surface area contributed by atoms with Gasteiger partial charge in [0.25, 0.3) is 0 Å². The van der Waals surface area contributed by atoms with E-state index < -0.39 is 0 Å². The van der Waals surface area contributed by atoms with E-state index in [2.05, 4.69) is 11.8 Å². The minimum atomic E-state index is -0.0630. The molecule has 0 saturated heterocycles. The molecule has 2 rings (SSSR count). The molecule has 0 aromatic heterocycles. The maximum absolute atomic E-state index is 9.68. The van der Waals surface area contributed by atoms with Gasteiger partial charge in [0.2, 0.25) is 0 Å². The van der Waals surface area contributed by atoms with Gasteiger partial charge in [0.05, 0.1) is 5.56 Å². The van der Waals surface area contributed by atoms with E-state index in [4.69, 9.17) is 0 Å². The van der Waals surface area contributed by atoms with Crippen molar-refractivity contribution in [1.29, 1.82) is 0 Å². The number of aromatic hydroxyl groups is 3. The number of rotatable bonds is 0. The Morgan fingerprint density at radius 1 is 0.737 bits per heavy atom. The number of phenolic OH excluding ortho intramolecular Hbond substituents is 3. The van der Waals surface area contributed by atoms with Crippen LogP contribution in [0.2, 0.25) is 0 Å². The average molecular weight is 254 g/mol. The van der Waals surface area contributed by atoms with Crippen molar-refractivity contribution in [2.75, 3.05) is 0 Å². The van der Waals surface area contributed by atoms with Gasteiger partial charge in [0.1, 0.15) is 17.2 Å². The largest absolute Gasteiger partial charge is 0.508 e. The van der Waals surface area contributed by atoms with Crippen molar-refractivity contribution in [3.05, 3.63) is 52.6 Å². The second kappa shape index (κ2) is 4.95. The van der Waals surface area contributed by atoms with Crippen LogP contribution in [0.25, 0.3) is 0 Å². The smallest absolute Gasteiger partial charge is 0.134 e. The van der Waals surface area contributed by atoms with E-state index in [1.54, 1.807) is 31.2 Å². The Bertz CT molecular complexity index is 691. The Hall–Kier alpha value is -2.60. The van der Waals surface area contributed by atoms with Gasteiger partial charge in [0, 0.05) is 11.6 Å². The van der Waals surface area contributed by atoms with Crippen molar-refractivity contribution in [2.24, 2.45) is 0 Å². The minimum Gasteiger partial charge on any atom is -0.508 e. The molecule has 0 aliphatic carbocycles. The van der Waals surface area contributed by atoms with Gasteiger partial charge >= 0.3 is 0 Å². The normalized spacial score (nSPS) is 9.79. The Kier molecular flexibility index (Phi) is 3.35. The Balaban J connectivity index is 2.39. The zero-order chi connectivity index (χ0) is 14.0. The van der Waals surface area contributed by atoms with Crippen molar-refractivity contribution in [1.82, 2.24) is 0 Å². The van der Waals surface area contributed by atoms with E-state index in [-0.39, 0.29) is 17.2 Å². The van der Waals surface area contributed by atoms with Crippen LogP contribution in [0.1, 0.15) is 22.3 Å². The molecule has 2 aromatic rings.